The fourth-order valence-corrected chi connectivity index (χ4v) is 10.0. The molecule has 0 bridgehead atoms. The summed E-state index contributed by atoms with van der Waals surface area (Å²) in [5.74, 6) is 0. The van der Waals surface area contributed by atoms with E-state index >= 15 is 0 Å². The largest absolute Gasteiger partial charge is 0.371 e. The molecular formula is C45H38BN3. The zero-order chi connectivity index (χ0) is 32.1. The molecule has 6 aromatic carbocycles. The predicted octanol–water partition coefficient (Wildman–Crippen LogP) is 8.42. The van der Waals surface area contributed by atoms with Gasteiger partial charge >= 0.3 is 0 Å². The number of benzene rings is 6. The molecule has 0 amide bonds. The Bertz CT molecular complexity index is 2280. The van der Waals surface area contributed by atoms with E-state index in [1.807, 2.05) is 0 Å². The first-order valence-electron chi connectivity index (χ1n) is 18.3. The van der Waals surface area contributed by atoms with Gasteiger partial charge in [0.15, 0.2) is 0 Å². The lowest BCUT2D eigenvalue weighted by atomic mass is 9.32. The van der Waals surface area contributed by atoms with Gasteiger partial charge in [0.1, 0.15) is 0 Å². The average Bonchev–Trinajstić information content (AvgIpc) is 3.18. The summed E-state index contributed by atoms with van der Waals surface area (Å²) in [5.41, 5.74) is 22.9. The van der Waals surface area contributed by atoms with Gasteiger partial charge in [-0.25, -0.2) is 0 Å². The minimum absolute atomic E-state index is 0.201. The van der Waals surface area contributed by atoms with Crippen LogP contribution in [0.4, 0.5) is 34.1 Å². The summed E-state index contributed by atoms with van der Waals surface area (Å²) in [7, 11) is 0. The summed E-state index contributed by atoms with van der Waals surface area (Å²) >= 11 is 0. The van der Waals surface area contributed by atoms with Crippen molar-refractivity contribution in [1.29, 1.82) is 0 Å². The molecule has 0 radical (unpaired) electrons. The minimum Gasteiger partial charge on any atom is -0.371 e. The smallest absolute Gasteiger partial charge is 0.252 e. The van der Waals surface area contributed by atoms with Crippen molar-refractivity contribution >= 4 is 57.2 Å². The van der Waals surface area contributed by atoms with Gasteiger partial charge in [-0.2, -0.15) is 0 Å². The molecule has 6 aromatic rings. The maximum absolute atomic E-state index is 2.78. The Hall–Kier alpha value is -5.22. The highest BCUT2D eigenvalue weighted by Crippen LogP contribution is 2.52. The number of rotatable bonds is 3. The van der Waals surface area contributed by atoms with Gasteiger partial charge in [-0.3, -0.25) is 0 Å². The average molecular weight is 632 g/mol. The van der Waals surface area contributed by atoms with Gasteiger partial charge in [0.2, 0.25) is 0 Å². The van der Waals surface area contributed by atoms with Crippen molar-refractivity contribution < 1.29 is 0 Å². The van der Waals surface area contributed by atoms with Gasteiger partial charge in [0.05, 0.1) is 0 Å². The molecule has 4 heteroatoms. The van der Waals surface area contributed by atoms with Crippen LogP contribution in [-0.4, -0.2) is 26.3 Å². The van der Waals surface area contributed by atoms with Gasteiger partial charge < -0.3 is 14.7 Å². The summed E-state index contributed by atoms with van der Waals surface area (Å²) in [6, 6.07) is 45.6. The molecule has 0 saturated heterocycles. The highest BCUT2D eigenvalue weighted by Gasteiger charge is 2.48. The molecule has 11 rings (SSSR count). The first kappa shape index (κ1) is 27.7. The van der Waals surface area contributed by atoms with Crippen molar-refractivity contribution in [1.82, 2.24) is 0 Å². The SMILES string of the molecule is c1ccc(-c2ccc(N3c4ccc(-c5ccccc5)cc4B4c5cccc6c5N(CCC6)c5c6c7c(c3c54)CCCN7CCC6)cc2)cc1. The molecule has 0 aromatic heterocycles. The van der Waals surface area contributed by atoms with Crippen LogP contribution < -0.4 is 31.1 Å². The van der Waals surface area contributed by atoms with Gasteiger partial charge in [0.25, 0.3) is 6.71 Å². The number of anilines is 6. The zero-order valence-electron chi connectivity index (χ0n) is 27.8. The molecule has 0 fully saturated rings. The van der Waals surface area contributed by atoms with Gasteiger partial charge in [-0.15, -0.1) is 0 Å². The number of para-hydroxylation sites is 1. The van der Waals surface area contributed by atoms with Crippen molar-refractivity contribution in [3.8, 4) is 22.3 Å². The molecule has 49 heavy (non-hydrogen) atoms. The van der Waals surface area contributed by atoms with Crippen LogP contribution in [-0.2, 0) is 19.3 Å². The zero-order valence-corrected chi connectivity index (χ0v) is 27.8. The van der Waals surface area contributed by atoms with Crippen LogP contribution >= 0.6 is 0 Å². The number of hydrogen-bond donors (Lipinski definition) is 0. The summed E-state index contributed by atoms with van der Waals surface area (Å²) < 4.78 is 0. The molecule has 3 nitrogen and oxygen atoms in total. The van der Waals surface area contributed by atoms with Gasteiger partial charge in [-0.05, 0) is 112 Å². The third-order valence-electron chi connectivity index (χ3n) is 11.9. The third-order valence-corrected chi connectivity index (χ3v) is 11.9. The fraction of sp³-hybridized carbons (Fsp3) is 0.200. The van der Waals surface area contributed by atoms with Gasteiger partial charge in [0, 0.05) is 53.8 Å². The Morgan fingerprint density at radius 3 is 1.88 bits per heavy atom. The lowest BCUT2D eigenvalue weighted by Crippen LogP contribution is -2.63. The van der Waals surface area contributed by atoms with Crippen molar-refractivity contribution in [2.45, 2.75) is 38.5 Å². The predicted molar refractivity (Wildman–Crippen MR) is 207 cm³/mol. The molecule has 0 N–H and O–H groups in total. The van der Waals surface area contributed by atoms with Crippen molar-refractivity contribution in [3.63, 3.8) is 0 Å². The summed E-state index contributed by atoms with van der Waals surface area (Å²) in [6.07, 6.45) is 7.13. The Kier molecular flexibility index (Phi) is 6.02. The molecule has 0 aliphatic carbocycles. The normalized spacial score (nSPS) is 16.5. The van der Waals surface area contributed by atoms with Crippen LogP contribution in [0.1, 0.15) is 36.0 Å². The Balaban J connectivity index is 1.24. The van der Waals surface area contributed by atoms with Crippen molar-refractivity contribution in [2.75, 3.05) is 34.3 Å². The molecule has 5 aliphatic heterocycles. The highest BCUT2D eigenvalue weighted by molar-refractivity contribution is 7.00. The first-order chi connectivity index (χ1) is 24.3. The van der Waals surface area contributed by atoms with E-state index in [0.29, 0.717) is 0 Å². The fourth-order valence-electron chi connectivity index (χ4n) is 10.0. The first-order valence-corrected chi connectivity index (χ1v) is 18.3. The Labute approximate surface area is 289 Å². The van der Waals surface area contributed by atoms with Crippen LogP contribution in [0.5, 0.6) is 0 Å². The maximum atomic E-state index is 2.78. The van der Waals surface area contributed by atoms with Crippen LogP contribution in [0.25, 0.3) is 22.3 Å². The van der Waals surface area contributed by atoms with E-state index < -0.39 is 0 Å². The van der Waals surface area contributed by atoms with Crippen LogP contribution in [0, 0.1) is 0 Å². The summed E-state index contributed by atoms with van der Waals surface area (Å²) in [4.78, 5) is 8.19. The summed E-state index contributed by atoms with van der Waals surface area (Å²) in [5, 5.41) is 0. The minimum atomic E-state index is 0.201. The van der Waals surface area contributed by atoms with Gasteiger partial charge in [-0.1, -0.05) is 103 Å². The van der Waals surface area contributed by atoms with E-state index in [-0.39, 0.29) is 6.71 Å². The second-order valence-corrected chi connectivity index (χ2v) is 14.5. The van der Waals surface area contributed by atoms with Crippen LogP contribution in [0.2, 0.25) is 0 Å². The van der Waals surface area contributed by atoms with E-state index in [1.54, 1.807) is 22.3 Å². The lowest BCUT2D eigenvalue weighted by Gasteiger charge is -2.50. The standard InChI is InChI=1S/C45H38BN3/c1-3-11-30(12-4-1)32-20-23-35(24-21-32)49-40-25-22-34(31-13-5-2-6-14-31)29-39(40)46-38-19-7-15-33-16-8-28-48(42(33)38)44-36-17-9-26-47-27-10-18-37(43(36)47)45(49)41(44)46/h1-7,11-15,19-25,29H,8-10,16-18,26-28H2. The van der Waals surface area contributed by atoms with Crippen molar-refractivity contribution in [2.24, 2.45) is 0 Å². The van der Waals surface area contributed by atoms with Crippen molar-refractivity contribution in [3.05, 3.63) is 138 Å². The second kappa shape index (κ2) is 10.6. The Morgan fingerprint density at radius 1 is 0.469 bits per heavy atom. The molecule has 0 unspecified atom stereocenters. The monoisotopic (exact) mass is 631 g/mol. The number of fused-ring (bicyclic) bond motifs is 6. The van der Waals surface area contributed by atoms with E-state index in [0.717, 1.165) is 19.4 Å². The number of nitrogens with zero attached hydrogens (tertiary/aromatic N) is 3. The maximum Gasteiger partial charge on any atom is 0.252 e. The number of hydrogen-bond acceptors (Lipinski definition) is 3. The third kappa shape index (κ3) is 3.98. The molecule has 0 saturated carbocycles. The topological polar surface area (TPSA) is 9.72 Å². The van der Waals surface area contributed by atoms with Crippen LogP contribution in [0.3, 0.4) is 0 Å². The highest BCUT2D eigenvalue weighted by atomic mass is 15.2. The molecule has 0 spiro atoms. The molecular weight excluding hydrogens is 593 g/mol. The molecule has 5 heterocycles. The van der Waals surface area contributed by atoms with E-state index in [9.17, 15) is 0 Å². The molecule has 5 aliphatic rings. The Morgan fingerprint density at radius 2 is 1.12 bits per heavy atom. The van der Waals surface area contributed by atoms with Crippen LogP contribution in [0.15, 0.2) is 121 Å². The lowest BCUT2D eigenvalue weighted by molar-refractivity contribution is 0.633. The van der Waals surface area contributed by atoms with E-state index in [1.165, 1.54) is 106 Å². The number of aryl methyl sites for hydroxylation is 1. The van der Waals surface area contributed by atoms with E-state index in [2.05, 4.69) is 136 Å². The van der Waals surface area contributed by atoms with E-state index in [4.69, 9.17) is 0 Å². The molecule has 236 valence electrons. The molecule has 0 atom stereocenters. The summed E-state index contributed by atoms with van der Waals surface area (Å²) in [6.45, 7) is 3.64. The second-order valence-electron chi connectivity index (χ2n) is 14.5. The quantitative estimate of drug-likeness (QED) is 0.181.